The Kier molecular flexibility index (Phi) is 9.06. The first kappa shape index (κ1) is 23.9. The molecule has 2 atom stereocenters. The number of carbonyl (C=O) groups excluding carboxylic acids is 3. The van der Waals surface area contributed by atoms with Crippen LogP contribution in [0.1, 0.15) is 55.6 Å². The van der Waals surface area contributed by atoms with Crippen molar-refractivity contribution in [2.45, 2.75) is 45.8 Å². The molecular formula is C24H29NO6. The van der Waals surface area contributed by atoms with E-state index >= 15 is 0 Å². The summed E-state index contributed by atoms with van der Waals surface area (Å²) in [4.78, 5) is 36.2. The van der Waals surface area contributed by atoms with Crippen LogP contribution in [0.5, 0.6) is 11.5 Å². The number of Topliss-reactive ketones (excluding diaryl/α,β-unsaturated/α-hetero) is 1. The molecule has 0 saturated carbocycles. The zero-order valence-corrected chi connectivity index (χ0v) is 18.3. The third-order valence-corrected chi connectivity index (χ3v) is 4.69. The number of rotatable bonds is 11. The number of benzene rings is 2. The minimum absolute atomic E-state index is 0.110. The van der Waals surface area contributed by atoms with E-state index < -0.39 is 18.7 Å². The smallest absolute Gasteiger partial charge is 0.344 e. The predicted molar refractivity (Wildman–Crippen MR) is 116 cm³/mol. The van der Waals surface area contributed by atoms with E-state index in [4.69, 9.17) is 14.2 Å². The SMILES string of the molecule is CCCC(NC(=O)C(C)OC(=O)COc1ccc(C(C)=O)cc1OC)c1ccccc1. The molecule has 7 heteroatoms. The molecule has 0 fully saturated rings. The van der Waals surface area contributed by atoms with Gasteiger partial charge in [0.15, 0.2) is 30.0 Å². The average Bonchev–Trinajstić information content (AvgIpc) is 2.77. The number of methoxy groups -OCH3 is 1. The van der Waals surface area contributed by atoms with Gasteiger partial charge in [0.1, 0.15) is 0 Å². The highest BCUT2D eigenvalue weighted by atomic mass is 16.6. The van der Waals surface area contributed by atoms with Crippen molar-refractivity contribution in [1.29, 1.82) is 0 Å². The average molecular weight is 427 g/mol. The largest absolute Gasteiger partial charge is 0.493 e. The van der Waals surface area contributed by atoms with Crippen LogP contribution in [0.4, 0.5) is 0 Å². The predicted octanol–water partition coefficient (Wildman–Crippen LogP) is 3.87. The van der Waals surface area contributed by atoms with E-state index in [-0.39, 0.29) is 17.7 Å². The number of hydrogen-bond acceptors (Lipinski definition) is 6. The summed E-state index contributed by atoms with van der Waals surface area (Å²) < 4.78 is 15.9. The fraction of sp³-hybridized carbons (Fsp3) is 0.375. The number of nitrogens with one attached hydrogen (secondary N) is 1. The summed E-state index contributed by atoms with van der Waals surface area (Å²) in [5, 5.41) is 2.94. The molecule has 7 nitrogen and oxygen atoms in total. The summed E-state index contributed by atoms with van der Waals surface area (Å²) in [6.07, 6.45) is 0.697. The van der Waals surface area contributed by atoms with Gasteiger partial charge in [-0.05, 0) is 44.0 Å². The summed E-state index contributed by atoms with van der Waals surface area (Å²) in [7, 11) is 1.44. The molecule has 0 spiro atoms. The van der Waals surface area contributed by atoms with Crippen LogP contribution in [0.15, 0.2) is 48.5 Å². The maximum absolute atomic E-state index is 12.5. The standard InChI is InChI=1S/C24H29NO6/c1-5-9-20(18-10-7-6-8-11-18)25-24(28)17(3)31-23(27)15-30-21-13-12-19(16(2)26)14-22(21)29-4/h6-8,10-14,17,20H,5,9,15H2,1-4H3,(H,25,28). The Bertz CT molecular complexity index is 896. The van der Waals surface area contributed by atoms with Crippen molar-refractivity contribution in [2.24, 2.45) is 0 Å². The van der Waals surface area contributed by atoms with Crippen LogP contribution in [0.25, 0.3) is 0 Å². The van der Waals surface area contributed by atoms with Gasteiger partial charge in [0, 0.05) is 5.56 Å². The van der Waals surface area contributed by atoms with E-state index in [1.807, 2.05) is 37.3 Å². The normalized spacial score (nSPS) is 12.4. The molecule has 0 saturated heterocycles. The quantitative estimate of drug-likeness (QED) is 0.432. The third-order valence-electron chi connectivity index (χ3n) is 4.69. The zero-order chi connectivity index (χ0) is 22.8. The van der Waals surface area contributed by atoms with E-state index in [1.54, 1.807) is 12.1 Å². The summed E-state index contributed by atoms with van der Waals surface area (Å²) in [5.41, 5.74) is 1.47. The second-order valence-electron chi connectivity index (χ2n) is 7.10. The lowest BCUT2D eigenvalue weighted by Gasteiger charge is -2.21. The van der Waals surface area contributed by atoms with Gasteiger partial charge in [0.05, 0.1) is 13.2 Å². The van der Waals surface area contributed by atoms with Gasteiger partial charge in [0.2, 0.25) is 0 Å². The van der Waals surface area contributed by atoms with Crippen molar-refractivity contribution >= 4 is 17.7 Å². The number of ether oxygens (including phenoxy) is 3. The Morgan fingerprint density at radius 2 is 1.74 bits per heavy atom. The lowest BCUT2D eigenvalue weighted by atomic mass is 10.0. The van der Waals surface area contributed by atoms with Crippen molar-refractivity contribution in [1.82, 2.24) is 5.32 Å². The van der Waals surface area contributed by atoms with Crippen molar-refractivity contribution in [2.75, 3.05) is 13.7 Å². The molecule has 1 amide bonds. The summed E-state index contributed by atoms with van der Waals surface area (Å²) in [5.74, 6) is -0.544. The number of hydrogen-bond donors (Lipinski definition) is 1. The van der Waals surface area contributed by atoms with Gasteiger partial charge >= 0.3 is 5.97 Å². The molecule has 0 aliphatic carbocycles. The van der Waals surface area contributed by atoms with E-state index in [0.717, 1.165) is 18.4 Å². The van der Waals surface area contributed by atoms with Gasteiger partial charge in [-0.3, -0.25) is 9.59 Å². The van der Waals surface area contributed by atoms with E-state index in [9.17, 15) is 14.4 Å². The molecule has 0 heterocycles. The van der Waals surface area contributed by atoms with Crippen LogP contribution in [0, 0.1) is 0 Å². The molecule has 0 aliphatic rings. The Morgan fingerprint density at radius 3 is 2.35 bits per heavy atom. The number of amides is 1. The molecular weight excluding hydrogens is 398 g/mol. The van der Waals surface area contributed by atoms with E-state index in [1.165, 1.54) is 27.0 Å². The van der Waals surface area contributed by atoms with Gasteiger partial charge in [-0.15, -0.1) is 0 Å². The number of esters is 1. The van der Waals surface area contributed by atoms with Crippen LogP contribution >= 0.6 is 0 Å². The van der Waals surface area contributed by atoms with Gasteiger partial charge in [-0.1, -0.05) is 43.7 Å². The minimum Gasteiger partial charge on any atom is -0.493 e. The second-order valence-corrected chi connectivity index (χ2v) is 7.10. The first-order chi connectivity index (χ1) is 14.8. The van der Waals surface area contributed by atoms with Gasteiger partial charge in [-0.25, -0.2) is 4.79 Å². The highest BCUT2D eigenvalue weighted by Crippen LogP contribution is 2.28. The van der Waals surface area contributed by atoms with Gasteiger partial charge in [0.25, 0.3) is 5.91 Å². The maximum atomic E-state index is 12.5. The molecule has 0 aromatic heterocycles. The van der Waals surface area contributed by atoms with Gasteiger partial charge in [-0.2, -0.15) is 0 Å². The van der Waals surface area contributed by atoms with E-state index in [0.29, 0.717) is 17.1 Å². The molecule has 2 rings (SSSR count). The molecule has 0 radical (unpaired) electrons. The Morgan fingerprint density at radius 1 is 1.03 bits per heavy atom. The molecule has 0 bridgehead atoms. The van der Waals surface area contributed by atoms with E-state index in [2.05, 4.69) is 5.32 Å². The molecule has 2 aromatic rings. The van der Waals surface area contributed by atoms with Crippen LogP contribution < -0.4 is 14.8 Å². The summed E-state index contributed by atoms with van der Waals surface area (Å²) >= 11 is 0. The molecule has 31 heavy (non-hydrogen) atoms. The number of ketones is 1. The maximum Gasteiger partial charge on any atom is 0.344 e. The molecule has 0 aliphatic heterocycles. The molecule has 2 unspecified atom stereocenters. The second kappa shape index (κ2) is 11.7. The van der Waals surface area contributed by atoms with Crippen molar-refractivity contribution < 1.29 is 28.6 Å². The topological polar surface area (TPSA) is 90.9 Å². The van der Waals surface area contributed by atoms with Crippen molar-refractivity contribution in [3.8, 4) is 11.5 Å². The Balaban J connectivity index is 1.91. The fourth-order valence-corrected chi connectivity index (χ4v) is 3.01. The van der Waals surface area contributed by atoms with Crippen molar-refractivity contribution in [3.63, 3.8) is 0 Å². The Hall–Kier alpha value is -3.35. The van der Waals surface area contributed by atoms with Crippen LogP contribution in [-0.4, -0.2) is 37.5 Å². The monoisotopic (exact) mass is 427 g/mol. The first-order valence-corrected chi connectivity index (χ1v) is 10.2. The molecule has 166 valence electrons. The van der Waals surface area contributed by atoms with Crippen LogP contribution in [-0.2, 0) is 14.3 Å². The van der Waals surface area contributed by atoms with Crippen LogP contribution in [0.3, 0.4) is 0 Å². The fourth-order valence-electron chi connectivity index (χ4n) is 3.01. The summed E-state index contributed by atoms with van der Waals surface area (Å²) in [6, 6.07) is 14.2. The molecule has 2 aromatic carbocycles. The highest BCUT2D eigenvalue weighted by molar-refractivity contribution is 5.94. The molecule has 1 N–H and O–H groups in total. The zero-order valence-electron chi connectivity index (χ0n) is 18.3. The number of carbonyl (C=O) groups is 3. The minimum atomic E-state index is -0.971. The lowest BCUT2D eigenvalue weighted by molar-refractivity contribution is -0.156. The van der Waals surface area contributed by atoms with Gasteiger partial charge < -0.3 is 19.5 Å². The Labute approximate surface area is 182 Å². The lowest BCUT2D eigenvalue weighted by Crippen LogP contribution is -2.38. The highest BCUT2D eigenvalue weighted by Gasteiger charge is 2.22. The van der Waals surface area contributed by atoms with Crippen molar-refractivity contribution in [3.05, 3.63) is 59.7 Å². The third kappa shape index (κ3) is 7.13. The first-order valence-electron chi connectivity index (χ1n) is 10.2. The van der Waals surface area contributed by atoms with Crippen LogP contribution in [0.2, 0.25) is 0 Å². The summed E-state index contributed by atoms with van der Waals surface area (Å²) in [6.45, 7) is 4.61.